The summed E-state index contributed by atoms with van der Waals surface area (Å²) in [7, 11) is 0. The summed E-state index contributed by atoms with van der Waals surface area (Å²) in [5.74, 6) is 0.237. The number of ether oxygens (including phenoxy) is 1. The van der Waals surface area contributed by atoms with E-state index in [2.05, 4.69) is 41.7 Å². The van der Waals surface area contributed by atoms with Crippen LogP contribution in [0.4, 0.5) is 0 Å². The van der Waals surface area contributed by atoms with Crippen LogP contribution >= 0.6 is 0 Å². The van der Waals surface area contributed by atoms with Gasteiger partial charge in [0, 0.05) is 6.54 Å². The zero-order valence-corrected chi connectivity index (χ0v) is 15.9. The molecule has 0 spiro atoms. The minimum atomic E-state index is -0.244. The maximum atomic E-state index is 12.6. The van der Waals surface area contributed by atoms with Gasteiger partial charge in [0.2, 0.25) is 0 Å². The summed E-state index contributed by atoms with van der Waals surface area (Å²) < 4.78 is 5.79. The van der Waals surface area contributed by atoms with E-state index >= 15 is 0 Å². The summed E-state index contributed by atoms with van der Waals surface area (Å²) in [5, 5.41) is 3.42. The summed E-state index contributed by atoms with van der Waals surface area (Å²) in [4.78, 5) is 12.6. The van der Waals surface area contributed by atoms with E-state index in [0.29, 0.717) is 11.5 Å². The van der Waals surface area contributed by atoms with E-state index in [-0.39, 0.29) is 12.1 Å². The summed E-state index contributed by atoms with van der Waals surface area (Å²) >= 11 is 0. The molecule has 3 heteroatoms. The maximum absolute atomic E-state index is 12.6. The number of benzene rings is 3. The molecule has 3 aromatic carbocycles. The van der Waals surface area contributed by atoms with Crippen molar-refractivity contribution in [2.45, 2.75) is 18.9 Å². The largest absolute Gasteiger partial charge is 0.457 e. The first kappa shape index (κ1) is 18.5. The minimum Gasteiger partial charge on any atom is -0.457 e. The Morgan fingerprint density at radius 3 is 2.18 bits per heavy atom. The number of carbonyl (C=O) groups is 1. The Morgan fingerprint density at radius 1 is 0.821 bits per heavy atom. The van der Waals surface area contributed by atoms with Crippen molar-refractivity contribution in [3.8, 4) is 11.1 Å². The normalized spacial score (nSPS) is 19.1. The van der Waals surface area contributed by atoms with Crippen molar-refractivity contribution in [1.82, 2.24) is 5.32 Å². The molecule has 1 saturated heterocycles. The zero-order valence-electron chi connectivity index (χ0n) is 15.9. The van der Waals surface area contributed by atoms with E-state index in [4.69, 9.17) is 4.74 Å². The highest BCUT2D eigenvalue weighted by atomic mass is 16.5. The minimum absolute atomic E-state index is 0.0798. The van der Waals surface area contributed by atoms with Crippen LogP contribution in [-0.2, 0) is 11.2 Å². The van der Waals surface area contributed by atoms with Crippen LogP contribution in [0, 0.1) is 5.92 Å². The van der Waals surface area contributed by atoms with E-state index in [0.717, 1.165) is 37.1 Å². The van der Waals surface area contributed by atoms with E-state index in [1.54, 1.807) is 0 Å². The Kier molecular flexibility index (Phi) is 5.83. The molecule has 2 unspecified atom stereocenters. The lowest BCUT2D eigenvalue weighted by molar-refractivity contribution is 0.0186. The van der Waals surface area contributed by atoms with Crippen molar-refractivity contribution in [2.75, 3.05) is 13.1 Å². The van der Waals surface area contributed by atoms with Crippen LogP contribution in [0.15, 0.2) is 84.9 Å². The molecule has 2 atom stereocenters. The number of piperidine rings is 1. The molecule has 1 aliphatic rings. The van der Waals surface area contributed by atoms with Crippen LogP contribution < -0.4 is 5.32 Å². The van der Waals surface area contributed by atoms with Crippen molar-refractivity contribution in [1.29, 1.82) is 0 Å². The fraction of sp³-hybridized carbons (Fsp3) is 0.240. The second-order valence-electron chi connectivity index (χ2n) is 7.42. The molecule has 28 heavy (non-hydrogen) atoms. The summed E-state index contributed by atoms with van der Waals surface area (Å²) in [6.07, 6.45) is 1.83. The van der Waals surface area contributed by atoms with Gasteiger partial charge >= 0.3 is 5.97 Å². The SMILES string of the molecule is O=C(OC1CNCC(Cc2ccccc2)C1)c1ccc(-c2ccccc2)cc1. The number of rotatable bonds is 5. The quantitative estimate of drug-likeness (QED) is 0.659. The molecule has 0 radical (unpaired) electrons. The number of hydrogen-bond donors (Lipinski definition) is 1. The van der Waals surface area contributed by atoms with Gasteiger partial charge in [-0.05, 0) is 54.1 Å². The van der Waals surface area contributed by atoms with Gasteiger partial charge in [-0.15, -0.1) is 0 Å². The van der Waals surface area contributed by atoms with Crippen molar-refractivity contribution >= 4 is 5.97 Å². The number of esters is 1. The van der Waals surface area contributed by atoms with Crippen LogP contribution in [0.1, 0.15) is 22.3 Å². The highest BCUT2D eigenvalue weighted by Crippen LogP contribution is 2.22. The molecule has 1 heterocycles. The molecule has 0 aromatic heterocycles. The molecule has 0 bridgehead atoms. The lowest BCUT2D eigenvalue weighted by Gasteiger charge is -2.30. The third-order valence-electron chi connectivity index (χ3n) is 5.27. The van der Waals surface area contributed by atoms with Gasteiger partial charge in [0.05, 0.1) is 5.56 Å². The molecule has 0 saturated carbocycles. The first-order valence-corrected chi connectivity index (χ1v) is 9.89. The highest BCUT2D eigenvalue weighted by molar-refractivity contribution is 5.90. The van der Waals surface area contributed by atoms with E-state index < -0.39 is 0 Å². The van der Waals surface area contributed by atoms with E-state index in [1.165, 1.54) is 5.56 Å². The number of hydrogen-bond acceptors (Lipinski definition) is 3. The van der Waals surface area contributed by atoms with Gasteiger partial charge in [-0.3, -0.25) is 0 Å². The molecule has 142 valence electrons. The molecule has 3 nitrogen and oxygen atoms in total. The van der Waals surface area contributed by atoms with Crippen LogP contribution in [0.3, 0.4) is 0 Å². The van der Waals surface area contributed by atoms with Crippen LogP contribution in [0.25, 0.3) is 11.1 Å². The molecular weight excluding hydrogens is 346 g/mol. The number of nitrogens with one attached hydrogen (secondary N) is 1. The third kappa shape index (κ3) is 4.68. The topological polar surface area (TPSA) is 38.3 Å². The zero-order chi connectivity index (χ0) is 19.2. The predicted molar refractivity (Wildman–Crippen MR) is 112 cm³/mol. The van der Waals surface area contributed by atoms with Gasteiger partial charge in [-0.1, -0.05) is 72.8 Å². The first-order valence-electron chi connectivity index (χ1n) is 9.89. The second-order valence-corrected chi connectivity index (χ2v) is 7.42. The van der Waals surface area contributed by atoms with Gasteiger partial charge in [-0.25, -0.2) is 4.79 Å². The smallest absolute Gasteiger partial charge is 0.338 e. The van der Waals surface area contributed by atoms with Crippen molar-refractivity contribution in [3.63, 3.8) is 0 Å². The fourth-order valence-corrected chi connectivity index (χ4v) is 3.83. The molecule has 0 aliphatic carbocycles. The summed E-state index contributed by atoms with van der Waals surface area (Å²) in [5.41, 5.74) is 4.17. The van der Waals surface area contributed by atoms with Crippen molar-refractivity contribution in [3.05, 3.63) is 96.1 Å². The summed E-state index contributed by atoms with van der Waals surface area (Å²) in [6.45, 7) is 1.69. The monoisotopic (exact) mass is 371 g/mol. The Morgan fingerprint density at radius 2 is 1.46 bits per heavy atom. The standard InChI is InChI=1S/C25H25NO2/c27-25(23-13-11-22(12-14-23)21-9-5-2-6-10-21)28-24-16-20(17-26-18-24)15-19-7-3-1-4-8-19/h1-14,20,24,26H,15-18H2. The average molecular weight is 371 g/mol. The van der Waals surface area contributed by atoms with Crippen molar-refractivity contribution in [2.24, 2.45) is 5.92 Å². The molecule has 1 aliphatic heterocycles. The molecule has 3 aromatic rings. The first-order chi connectivity index (χ1) is 13.8. The Bertz CT molecular complexity index is 891. The maximum Gasteiger partial charge on any atom is 0.338 e. The van der Waals surface area contributed by atoms with Gasteiger partial charge < -0.3 is 10.1 Å². The molecule has 1 N–H and O–H groups in total. The Balaban J connectivity index is 1.35. The Labute approximate surface area is 166 Å². The summed E-state index contributed by atoms with van der Waals surface area (Å²) in [6, 6.07) is 28.3. The van der Waals surface area contributed by atoms with Crippen LogP contribution in [-0.4, -0.2) is 25.2 Å². The van der Waals surface area contributed by atoms with Gasteiger partial charge in [0.15, 0.2) is 0 Å². The van der Waals surface area contributed by atoms with E-state index in [9.17, 15) is 4.79 Å². The van der Waals surface area contributed by atoms with Gasteiger partial charge in [0.1, 0.15) is 6.10 Å². The highest BCUT2D eigenvalue weighted by Gasteiger charge is 2.25. The van der Waals surface area contributed by atoms with Gasteiger partial charge in [0.25, 0.3) is 0 Å². The molecular formula is C25H25NO2. The third-order valence-corrected chi connectivity index (χ3v) is 5.27. The predicted octanol–water partition coefficient (Wildman–Crippen LogP) is 4.73. The molecule has 4 rings (SSSR count). The average Bonchev–Trinajstić information content (AvgIpc) is 2.75. The van der Waals surface area contributed by atoms with Crippen LogP contribution in [0.5, 0.6) is 0 Å². The van der Waals surface area contributed by atoms with Crippen LogP contribution in [0.2, 0.25) is 0 Å². The molecule has 1 fully saturated rings. The number of carbonyl (C=O) groups excluding carboxylic acids is 1. The second kappa shape index (κ2) is 8.85. The van der Waals surface area contributed by atoms with Gasteiger partial charge in [-0.2, -0.15) is 0 Å². The van der Waals surface area contributed by atoms with E-state index in [1.807, 2.05) is 48.5 Å². The fourth-order valence-electron chi connectivity index (χ4n) is 3.83. The molecule has 0 amide bonds. The lowest BCUT2D eigenvalue weighted by atomic mass is 9.91. The van der Waals surface area contributed by atoms with Crippen molar-refractivity contribution < 1.29 is 9.53 Å². The lowest BCUT2D eigenvalue weighted by Crippen LogP contribution is -2.42. The Hall–Kier alpha value is -2.91.